The summed E-state index contributed by atoms with van der Waals surface area (Å²) in [5.41, 5.74) is -1.16. The van der Waals surface area contributed by atoms with Crippen LogP contribution < -0.4 is 4.74 Å². The zero-order valence-electron chi connectivity index (χ0n) is 11.3. The number of piperidine rings is 1. The molecule has 0 aromatic heterocycles. The molecule has 1 aromatic rings. The van der Waals surface area contributed by atoms with Crippen LogP contribution in [0.15, 0.2) is 24.3 Å². The zero-order chi connectivity index (χ0) is 14.8. The van der Waals surface area contributed by atoms with E-state index in [-0.39, 0.29) is 24.9 Å². The first-order valence-corrected chi connectivity index (χ1v) is 6.45. The molecule has 1 fully saturated rings. The van der Waals surface area contributed by atoms with Gasteiger partial charge >= 0.3 is 0 Å². The SMILES string of the molecule is C[C@@]1(O)CCN(C(=O)COc2ccc(F)cc2)C[C@H]1O. The van der Waals surface area contributed by atoms with Crippen molar-refractivity contribution in [2.24, 2.45) is 0 Å². The van der Waals surface area contributed by atoms with Gasteiger partial charge in [0.25, 0.3) is 5.91 Å². The van der Waals surface area contributed by atoms with Crippen LogP contribution in [0.25, 0.3) is 0 Å². The van der Waals surface area contributed by atoms with Crippen LogP contribution in [0.1, 0.15) is 13.3 Å². The molecule has 20 heavy (non-hydrogen) atoms. The first kappa shape index (κ1) is 14.7. The van der Waals surface area contributed by atoms with Crippen LogP contribution in [0, 0.1) is 5.82 Å². The summed E-state index contributed by atoms with van der Waals surface area (Å²) in [7, 11) is 0. The minimum atomic E-state index is -1.16. The minimum absolute atomic E-state index is 0.0820. The highest BCUT2D eigenvalue weighted by atomic mass is 19.1. The van der Waals surface area contributed by atoms with Crippen molar-refractivity contribution in [3.63, 3.8) is 0 Å². The van der Waals surface area contributed by atoms with Crippen LogP contribution in [0.5, 0.6) is 5.75 Å². The van der Waals surface area contributed by atoms with Crippen molar-refractivity contribution in [2.45, 2.75) is 25.0 Å². The van der Waals surface area contributed by atoms with Crippen LogP contribution in [0.4, 0.5) is 4.39 Å². The van der Waals surface area contributed by atoms with E-state index in [9.17, 15) is 19.4 Å². The number of ether oxygens (including phenoxy) is 1. The predicted octanol–water partition coefficient (Wildman–Crippen LogP) is 0.549. The molecule has 2 rings (SSSR count). The Kier molecular flexibility index (Phi) is 4.25. The molecule has 0 spiro atoms. The van der Waals surface area contributed by atoms with Crippen molar-refractivity contribution in [1.82, 2.24) is 4.90 Å². The summed E-state index contributed by atoms with van der Waals surface area (Å²) in [4.78, 5) is 13.4. The number of halogens is 1. The van der Waals surface area contributed by atoms with Crippen LogP contribution in [0.3, 0.4) is 0 Å². The molecule has 5 nitrogen and oxygen atoms in total. The van der Waals surface area contributed by atoms with E-state index >= 15 is 0 Å². The van der Waals surface area contributed by atoms with Gasteiger partial charge in [-0.15, -0.1) is 0 Å². The van der Waals surface area contributed by atoms with Gasteiger partial charge in [-0.3, -0.25) is 4.79 Å². The van der Waals surface area contributed by atoms with Gasteiger partial charge < -0.3 is 19.8 Å². The second kappa shape index (κ2) is 5.76. The Morgan fingerprint density at radius 2 is 2.15 bits per heavy atom. The third-order valence-corrected chi connectivity index (χ3v) is 3.53. The molecule has 1 amide bonds. The second-order valence-electron chi connectivity index (χ2n) is 5.21. The molecular formula is C14H18FNO4. The largest absolute Gasteiger partial charge is 0.484 e. The van der Waals surface area contributed by atoms with Gasteiger partial charge in [0, 0.05) is 13.1 Å². The highest BCUT2D eigenvalue weighted by molar-refractivity contribution is 5.78. The summed E-state index contributed by atoms with van der Waals surface area (Å²) in [6.07, 6.45) is -0.651. The first-order chi connectivity index (χ1) is 9.38. The summed E-state index contributed by atoms with van der Waals surface area (Å²) in [5.74, 6) is -0.238. The van der Waals surface area contributed by atoms with Crippen molar-refractivity contribution in [1.29, 1.82) is 0 Å². The maximum Gasteiger partial charge on any atom is 0.260 e. The molecular weight excluding hydrogens is 265 g/mol. The number of benzene rings is 1. The molecule has 1 heterocycles. The van der Waals surface area contributed by atoms with Crippen molar-refractivity contribution < 1.29 is 24.1 Å². The van der Waals surface area contributed by atoms with Gasteiger partial charge in [-0.25, -0.2) is 4.39 Å². The van der Waals surface area contributed by atoms with E-state index in [1.807, 2.05) is 0 Å². The van der Waals surface area contributed by atoms with Crippen LogP contribution >= 0.6 is 0 Å². The van der Waals surface area contributed by atoms with E-state index in [0.717, 1.165) is 0 Å². The molecule has 0 saturated carbocycles. The van der Waals surface area contributed by atoms with Crippen molar-refractivity contribution in [2.75, 3.05) is 19.7 Å². The number of likely N-dealkylation sites (tertiary alicyclic amines) is 1. The number of aliphatic hydroxyl groups is 2. The standard InChI is InChI=1S/C14H18FNO4/c1-14(19)6-7-16(8-12(14)17)13(18)9-20-11-4-2-10(15)3-5-11/h2-5,12,17,19H,6-9H2,1H3/t12-,14-/m1/s1. The normalized spacial score (nSPS) is 26.4. The van der Waals surface area contributed by atoms with Gasteiger partial charge in [-0.05, 0) is 37.6 Å². The molecule has 0 aliphatic carbocycles. The van der Waals surface area contributed by atoms with E-state index in [0.29, 0.717) is 18.7 Å². The number of β-amino-alcohol motifs (C(OH)–C–C–N with tert-alkyl or cyclic N) is 1. The van der Waals surface area contributed by atoms with E-state index in [1.165, 1.54) is 29.2 Å². The number of amides is 1. The average molecular weight is 283 g/mol. The Balaban J connectivity index is 1.85. The Morgan fingerprint density at radius 1 is 1.50 bits per heavy atom. The highest BCUT2D eigenvalue weighted by Gasteiger charge is 2.37. The fraction of sp³-hybridized carbons (Fsp3) is 0.500. The first-order valence-electron chi connectivity index (χ1n) is 6.45. The fourth-order valence-corrected chi connectivity index (χ4v) is 2.02. The molecule has 2 atom stereocenters. The molecule has 0 unspecified atom stereocenters. The number of hydrogen-bond donors (Lipinski definition) is 2. The van der Waals surface area contributed by atoms with Crippen molar-refractivity contribution in [3.05, 3.63) is 30.1 Å². The Bertz CT molecular complexity index is 475. The summed E-state index contributed by atoms with van der Waals surface area (Å²) in [6, 6.07) is 5.39. The maximum absolute atomic E-state index is 12.7. The number of rotatable bonds is 3. The van der Waals surface area contributed by atoms with Crippen LogP contribution in [-0.2, 0) is 4.79 Å². The van der Waals surface area contributed by atoms with E-state index in [1.54, 1.807) is 6.92 Å². The van der Waals surface area contributed by atoms with Gasteiger partial charge in [0.05, 0.1) is 11.7 Å². The van der Waals surface area contributed by atoms with Gasteiger partial charge in [0.15, 0.2) is 6.61 Å². The molecule has 1 aromatic carbocycles. The quantitative estimate of drug-likeness (QED) is 0.850. The summed E-state index contributed by atoms with van der Waals surface area (Å²) in [5, 5.41) is 19.6. The molecule has 1 aliphatic rings. The summed E-state index contributed by atoms with van der Waals surface area (Å²) >= 11 is 0. The van der Waals surface area contributed by atoms with Gasteiger partial charge in [0.1, 0.15) is 11.6 Å². The average Bonchev–Trinajstić information content (AvgIpc) is 2.41. The Hall–Kier alpha value is -1.66. The number of carbonyl (C=O) groups is 1. The summed E-state index contributed by atoms with van der Waals surface area (Å²) in [6.45, 7) is 1.82. The molecule has 1 aliphatic heterocycles. The molecule has 0 bridgehead atoms. The van der Waals surface area contributed by atoms with E-state index < -0.39 is 11.7 Å². The van der Waals surface area contributed by atoms with E-state index in [2.05, 4.69) is 0 Å². The molecule has 1 saturated heterocycles. The topological polar surface area (TPSA) is 70.0 Å². The lowest BCUT2D eigenvalue weighted by atomic mass is 9.91. The van der Waals surface area contributed by atoms with Crippen molar-refractivity contribution >= 4 is 5.91 Å². The third-order valence-electron chi connectivity index (χ3n) is 3.53. The fourth-order valence-electron chi connectivity index (χ4n) is 2.02. The summed E-state index contributed by atoms with van der Waals surface area (Å²) < 4.78 is 18.0. The van der Waals surface area contributed by atoms with Crippen molar-refractivity contribution in [3.8, 4) is 5.75 Å². The van der Waals surface area contributed by atoms with Gasteiger partial charge in [-0.1, -0.05) is 0 Å². The zero-order valence-corrected chi connectivity index (χ0v) is 11.3. The number of carbonyl (C=O) groups excluding carboxylic acids is 1. The highest BCUT2D eigenvalue weighted by Crippen LogP contribution is 2.22. The van der Waals surface area contributed by atoms with Crippen LogP contribution in [-0.4, -0.2) is 52.4 Å². The smallest absolute Gasteiger partial charge is 0.260 e. The number of nitrogens with zero attached hydrogens (tertiary/aromatic N) is 1. The number of aliphatic hydroxyl groups excluding tert-OH is 1. The minimum Gasteiger partial charge on any atom is -0.484 e. The lowest BCUT2D eigenvalue weighted by Crippen LogP contribution is -2.56. The Labute approximate surface area is 116 Å². The molecule has 110 valence electrons. The molecule has 2 N–H and O–H groups in total. The molecule has 6 heteroatoms. The van der Waals surface area contributed by atoms with E-state index in [4.69, 9.17) is 4.74 Å². The second-order valence-corrected chi connectivity index (χ2v) is 5.21. The van der Waals surface area contributed by atoms with Gasteiger partial charge in [0.2, 0.25) is 0 Å². The van der Waals surface area contributed by atoms with Crippen LogP contribution in [0.2, 0.25) is 0 Å². The maximum atomic E-state index is 12.7. The number of hydrogen-bond acceptors (Lipinski definition) is 4. The predicted molar refractivity (Wildman–Crippen MR) is 69.7 cm³/mol. The molecule has 0 radical (unpaired) electrons. The lowest BCUT2D eigenvalue weighted by molar-refractivity contribution is -0.148. The lowest BCUT2D eigenvalue weighted by Gasteiger charge is -2.39. The third kappa shape index (κ3) is 3.46. The monoisotopic (exact) mass is 283 g/mol. The Morgan fingerprint density at radius 3 is 2.75 bits per heavy atom. The van der Waals surface area contributed by atoms with Gasteiger partial charge in [-0.2, -0.15) is 0 Å².